The van der Waals surface area contributed by atoms with E-state index in [4.69, 9.17) is 40.5 Å². The van der Waals surface area contributed by atoms with E-state index in [0.717, 1.165) is 0 Å². The van der Waals surface area contributed by atoms with Crippen molar-refractivity contribution in [3.05, 3.63) is 57.0 Å². The predicted molar refractivity (Wildman–Crippen MR) is 86.6 cm³/mol. The summed E-state index contributed by atoms with van der Waals surface area (Å²) in [5, 5.41) is 0.696. The molecule has 0 heterocycles. The fourth-order valence-corrected chi connectivity index (χ4v) is 3.55. The lowest BCUT2D eigenvalue weighted by atomic mass is 10.2. The molecule has 0 radical (unpaired) electrons. The van der Waals surface area contributed by atoms with Crippen molar-refractivity contribution in [2.45, 2.75) is 11.4 Å². The lowest BCUT2D eigenvalue weighted by molar-refractivity contribution is 0.601. The van der Waals surface area contributed by atoms with E-state index in [2.05, 4.69) is 4.72 Å². The Kier molecular flexibility index (Phi) is 5.01. The molecule has 112 valence electrons. The Morgan fingerprint density at radius 2 is 1.62 bits per heavy atom. The van der Waals surface area contributed by atoms with Crippen LogP contribution in [0.3, 0.4) is 0 Å². The van der Waals surface area contributed by atoms with Gasteiger partial charge in [0.1, 0.15) is 4.90 Å². The third kappa shape index (κ3) is 3.81. The molecule has 0 bridgehead atoms. The maximum Gasteiger partial charge on any atom is 0.263 e. The van der Waals surface area contributed by atoms with E-state index >= 15 is 0 Å². The molecule has 0 amide bonds. The summed E-state index contributed by atoms with van der Waals surface area (Å²) in [6, 6.07) is 9.02. The summed E-state index contributed by atoms with van der Waals surface area (Å²) >= 11 is 17.6. The molecule has 0 aliphatic carbocycles. The second-order valence-electron chi connectivity index (χ2n) is 4.20. The highest BCUT2D eigenvalue weighted by Crippen LogP contribution is 2.28. The number of anilines is 1. The minimum atomic E-state index is -3.85. The molecule has 0 fully saturated rings. The lowest BCUT2D eigenvalue weighted by Gasteiger charge is -2.11. The van der Waals surface area contributed by atoms with Crippen molar-refractivity contribution in [2.24, 2.45) is 5.73 Å². The molecule has 0 saturated heterocycles. The number of hydrogen-bond donors (Lipinski definition) is 2. The number of sulfonamides is 1. The summed E-state index contributed by atoms with van der Waals surface area (Å²) < 4.78 is 27.1. The second-order valence-corrected chi connectivity index (χ2v) is 7.08. The van der Waals surface area contributed by atoms with Crippen LogP contribution in [-0.2, 0) is 16.6 Å². The van der Waals surface area contributed by atoms with Gasteiger partial charge in [0, 0.05) is 6.54 Å². The summed E-state index contributed by atoms with van der Waals surface area (Å²) in [6.07, 6.45) is 0. The van der Waals surface area contributed by atoms with Gasteiger partial charge in [-0.25, -0.2) is 8.42 Å². The summed E-state index contributed by atoms with van der Waals surface area (Å²) in [7, 11) is -3.85. The van der Waals surface area contributed by atoms with E-state index in [1.807, 2.05) is 0 Å². The van der Waals surface area contributed by atoms with Crippen molar-refractivity contribution >= 4 is 50.5 Å². The van der Waals surface area contributed by atoms with E-state index in [9.17, 15) is 8.42 Å². The molecule has 0 aliphatic rings. The summed E-state index contributed by atoms with van der Waals surface area (Å²) in [6.45, 7) is 0.215. The van der Waals surface area contributed by atoms with Gasteiger partial charge < -0.3 is 5.73 Å². The molecule has 0 aliphatic heterocycles. The molecule has 0 saturated carbocycles. The fraction of sp³-hybridized carbons (Fsp3) is 0.0769. The van der Waals surface area contributed by atoms with Crippen molar-refractivity contribution in [2.75, 3.05) is 4.72 Å². The van der Waals surface area contributed by atoms with Gasteiger partial charge in [0.2, 0.25) is 0 Å². The Hall–Kier alpha value is -0.980. The molecule has 8 heteroatoms. The molecule has 2 aromatic rings. The number of nitrogens with two attached hydrogens (primary N) is 1. The smallest absolute Gasteiger partial charge is 0.263 e. The van der Waals surface area contributed by atoms with Gasteiger partial charge >= 0.3 is 0 Å². The zero-order valence-electron chi connectivity index (χ0n) is 10.6. The van der Waals surface area contributed by atoms with E-state index in [1.165, 1.54) is 30.3 Å². The van der Waals surface area contributed by atoms with E-state index in [0.29, 0.717) is 16.3 Å². The zero-order chi connectivity index (χ0) is 15.6. The van der Waals surface area contributed by atoms with Gasteiger partial charge in [0.25, 0.3) is 10.0 Å². The van der Waals surface area contributed by atoms with Crippen LogP contribution < -0.4 is 10.5 Å². The topological polar surface area (TPSA) is 72.2 Å². The molecule has 2 aromatic carbocycles. The van der Waals surface area contributed by atoms with Crippen molar-refractivity contribution in [3.8, 4) is 0 Å². The summed E-state index contributed by atoms with van der Waals surface area (Å²) in [5.41, 5.74) is 6.46. The van der Waals surface area contributed by atoms with Crippen LogP contribution in [-0.4, -0.2) is 8.42 Å². The standard InChI is InChI=1S/C13H11Cl3N2O2S/c14-10-4-2-9(6-12(10)16)18-21(19,20)13-5-8(7-17)1-3-11(13)15/h1-6,18H,7,17H2. The van der Waals surface area contributed by atoms with Crippen LogP contribution in [0.25, 0.3) is 0 Å². The number of halogens is 3. The first-order valence-electron chi connectivity index (χ1n) is 5.80. The highest BCUT2D eigenvalue weighted by atomic mass is 35.5. The molecular formula is C13H11Cl3N2O2S. The van der Waals surface area contributed by atoms with Gasteiger partial charge in [0.05, 0.1) is 20.8 Å². The Bertz CT molecular complexity index is 779. The predicted octanol–water partition coefficient (Wildman–Crippen LogP) is 3.91. The van der Waals surface area contributed by atoms with Gasteiger partial charge in [-0.1, -0.05) is 40.9 Å². The quantitative estimate of drug-likeness (QED) is 0.863. The van der Waals surface area contributed by atoms with Gasteiger partial charge in [-0.2, -0.15) is 0 Å². The number of hydrogen-bond acceptors (Lipinski definition) is 3. The van der Waals surface area contributed by atoms with E-state index in [-0.39, 0.29) is 21.5 Å². The third-order valence-corrected chi connectivity index (χ3v) is 5.29. The van der Waals surface area contributed by atoms with Crippen LogP contribution in [0, 0.1) is 0 Å². The van der Waals surface area contributed by atoms with Crippen LogP contribution in [0.4, 0.5) is 5.69 Å². The van der Waals surface area contributed by atoms with E-state index in [1.54, 1.807) is 6.07 Å². The van der Waals surface area contributed by atoms with Crippen LogP contribution in [0.2, 0.25) is 15.1 Å². The maximum atomic E-state index is 12.4. The van der Waals surface area contributed by atoms with Crippen LogP contribution in [0.5, 0.6) is 0 Å². The van der Waals surface area contributed by atoms with Crippen molar-refractivity contribution in [1.82, 2.24) is 0 Å². The number of nitrogens with one attached hydrogen (secondary N) is 1. The molecular weight excluding hydrogens is 355 g/mol. The molecule has 21 heavy (non-hydrogen) atoms. The first-order chi connectivity index (χ1) is 9.83. The van der Waals surface area contributed by atoms with Gasteiger partial charge in [-0.05, 0) is 35.9 Å². The first kappa shape index (κ1) is 16.4. The largest absolute Gasteiger partial charge is 0.326 e. The minimum absolute atomic E-state index is 0.0433. The van der Waals surface area contributed by atoms with Gasteiger partial charge in [-0.3, -0.25) is 4.72 Å². The van der Waals surface area contributed by atoms with Gasteiger partial charge in [-0.15, -0.1) is 0 Å². The first-order valence-corrected chi connectivity index (χ1v) is 8.41. The molecule has 0 spiro atoms. The van der Waals surface area contributed by atoms with Crippen molar-refractivity contribution < 1.29 is 8.42 Å². The monoisotopic (exact) mass is 364 g/mol. The Morgan fingerprint density at radius 3 is 2.24 bits per heavy atom. The van der Waals surface area contributed by atoms with Crippen molar-refractivity contribution in [1.29, 1.82) is 0 Å². The fourth-order valence-electron chi connectivity index (χ4n) is 1.65. The normalized spacial score (nSPS) is 11.4. The number of benzene rings is 2. The van der Waals surface area contributed by atoms with Gasteiger partial charge in [0.15, 0.2) is 0 Å². The SMILES string of the molecule is NCc1ccc(Cl)c(S(=O)(=O)Nc2ccc(Cl)c(Cl)c2)c1. The number of rotatable bonds is 4. The van der Waals surface area contributed by atoms with Crippen LogP contribution in [0.15, 0.2) is 41.3 Å². The average Bonchev–Trinajstić information content (AvgIpc) is 2.43. The minimum Gasteiger partial charge on any atom is -0.326 e. The third-order valence-electron chi connectivity index (χ3n) is 2.69. The average molecular weight is 366 g/mol. The Balaban J connectivity index is 2.40. The second kappa shape index (κ2) is 6.42. The molecule has 2 rings (SSSR count). The van der Waals surface area contributed by atoms with E-state index < -0.39 is 10.0 Å². The lowest BCUT2D eigenvalue weighted by Crippen LogP contribution is -2.14. The molecule has 4 nitrogen and oxygen atoms in total. The Labute approximate surface area is 137 Å². The molecule has 3 N–H and O–H groups in total. The highest BCUT2D eigenvalue weighted by Gasteiger charge is 2.19. The van der Waals surface area contributed by atoms with Crippen LogP contribution >= 0.6 is 34.8 Å². The molecule has 0 unspecified atom stereocenters. The van der Waals surface area contributed by atoms with Crippen LogP contribution in [0.1, 0.15) is 5.56 Å². The summed E-state index contributed by atoms with van der Waals surface area (Å²) in [5.74, 6) is 0. The maximum absolute atomic E-state index is 12.4. The zero-order valence-corrected chi connectivity index (χ0v) is 13.7. The Morgan fingerprint density at radius 1 is 0.952 bits per heavy atom. The van der Waals surface area contributed by atoms with Crippen molar-refractivity contribution in [3.63, 3.8) is 0 Å². The summed E-state index contributed by atoms with van der Waals surface area (Å²) in [4.78, 5) is -0.0433. The highest BCUT2D eigenvalue weighted by molar-refractivity contribution is 7.92. The molecule has 0 atom stereocenters. The molecule has 0 aromatic heterocycles.